The van der Waals surface area contributed by atoms with Crippen molar-refractivity contribution in [2.75, 3.05) is 6.61 Å². The molecule has 19 heavy (non-hydrogen) atoms. The smallest absolute Gasteiger partial charge is 0.198 e. The molecule has 0 unspecified atom stereocenters. The number of pyridine rings is 1. The quantitative estimate of drug-likeness (QED) is 0.771. The zero-order valence-corrected chi connectivity index (χ0v) is 11.4. The van der Waals surface area contributed by atoms with Crippen LogP contribution in [0.4, 0.5) is 0 Å². The van der Waals surface area contributed by atoms with Gasteiger partial charge in [-0.1, -0.05) is 6.92 Å². The molecule has 0 spiro atoms. The third-order valence-corrected chi connectivity index (χ3v) is 2.77. The van der Waals surface area contributed by atoms with E-state index in [1.54, 1.807) is 29.3 Å². The predicted octanol–water partition coefficient (Wildman–Crippen LogP) is 2.01. The van der Waals surface area contributed by atoms with Crippen molar-refractivity contribution in [1.29, 1.82) is 0 Å². The number of carbonyl (C=O) groups excluding carboxylic acids is 1. The number of aromatic nitrogens is 3. The van der Waals surface area contributed by atoms with Gasteiger partial charge in [-0.3, -0.25) is 14.5 Å². The van der Waals surface area contributed by atoms with E-state index in [0.29, 0.717) is 23.5 Å². The van der Waals surface area contributed by atoms with Crippen LogP contribution in [-0.4, -0.2) is 27.2 Å². The van der Waals surface area contributed by atoms with Crippen LogP contribution in [0, 0.1) is 0 Å². The van der Waals surface area contributed by atoms with Crippen LogP contribution in [0.15, 0.2) is 24.7 Å². The van der Waals surface area contributed by atoms with Crippen molar-refractivity contribution >= 4 is 5.78 Å². The Morgan fingerprint density at radius 1 is 1.37 bits per heavy atom. The topological polar surface area (TPSA) is 57.0 Å². The number of nitrogens with zero attached hydrogens (tertiary/aromatic N) is 3. The highest BCUT2D eigenvalue weighted by Crippen LogP contribution is 2.17. The Hall–Kier alpha value is -2.17. The van der Waals surface area contributed by atoms with Gasteiger partial charge in [0, 0.05) is 25.0 Å². The molecule has 0 fully saturated rings. The Kier molecular flexibility index (Phi) is 3.94. The monoisotopic (exact) mass is 259 g/mol. The largest absolute Gasteiger partial charge is 0.492 e. The molecule has 0 aliphatic heterocycles. The van der Waals surface area contributed by atoms with E-state index in [-0.39, 0.29) is 5.78 Å². The summed E-state index contributed by atoms with van der Waals surface area (Å²) in [5, 5.41) is 4.28. The Morgan fingerprint density at radius 2 is 2.16 bits per heavy atom. The lowest BCUT2D eigenvalue weighted by Gasteiger charge is -2.04. The van der Waals surface area contributed by atoms with E-state index in [2.05, 4.69) is 10.1 Å². The number of hydrogen-bond acceptors (Lipinski definition) is 4. The van der Waals surface area contributed by atoms with Crippen molar-refractivity contribution in [3.05, 3.63) is 41.5 Å². The van der Waals surface area contributed by atoms with E-state index in [9.17, 15) is 4.79 Å². The molecule has 2 aromatic rings. The SMILES string of the molecule is CCOc1cncc(C(=O)c2cn(C)nc2CC)c1. The van der Waals surface area contributed by atoms with Gasteiger partial charge in [0.2, 0.25) is 0 Å². The fraction of sp³-hybridized carbons (Fsp3) is 0.357. The average Bonchev–Trinajstić information content (AvgIpc) is 2.80. The van der Waals surface area contributed by atoms with Gasteiger partial charge in [-0.2, -0.15) is 5.10 Å². The van der Waals surface area contributed by atoms with E-state index in [4.69, 9.17) is 4.74 Å². The molecule has 100 valence electrons. The number of ether oxygens (including phenoxy) is 1. The lowest BCUT2D eigenvalue weighted by Crippen LogP contribution is -2.04. The summed E-state index contributed by atoms with van der Waals surface area (Å²) in [4.78, 5) is 16.5. The molecule has 0 atom stereocenters. The summed E-state index contributed by atoms with van der Waals surface area (Å²) in [6.45, 7) is 4.42. The third kappa shape index (κ3) is 2.81. The van der Waals surface area contributed by atoms with E-state index < -0.39 is 0 Å². The van der Waals surface area contributed by atoms with Crippen molar-refractivity contribution in [1.82, 2.24) is 14.8 Å². The predicted molar refractivity (Wildman–Crippen MR) is 71.4 cm³/mol. The maximum Gasteiger partial charge on any atom is 0.198 e. The summed E-state index contributed by atoms with van der Waals surface area (Å²) in [7, 11) is 1.81. The van der Waals surface area contributed by atoms with Crippen LogP contribution in [-0.2, 0) is 13.5 Å². The Balaban J connectivity index is 2.35. The second-order valence-electron chi connectivity index (χ2n) is 4.19. The van der Waals surface area contributed by atoms with Gasteiger partial charge in [0.1, 0.15) is 5.75 Å². The molecule has 2 aromatic heterocycles. The first-order chi connectivity index (χ1) is 9.15. The standard InChI is InChI=1S/C14H17N3O2/c1-4-13-12(9-17(3)16-13)14(18)10-6-11(19-5-2)8-15-7-10/h6-9H,4-5H2,1-3H3. The Bertz CT molecular complexity index is 590. The molecule has 0 bridgehead atoms. The summed E-state index contributed by atoms with van der Waals surface area (Å²) >= 11 is 0. The van der Waals surface area contributed by atoms with Gasteiger partial charge in [0.15, 0.2) is 5.78 Å². The molecule has 0 N–H and O–H groups in total. The number of hydrogen-bond donors (Lipinski definition) is 0. The zero-order valence-electron chi connectivity index (χ0n) is 11.4. The van der Waals surface area contributed by atoms with Gasteiger partial charge in [-0.25, -0.2) is 0 Å². The van der Waals surface area contributed by atoms with Gasteiger partial charge in [0.05, 0.1) is 24.1 Å². The molecule has 0 aromatic carbocycles. The molecule has 0 aliphatic carbocycles. The van der Waals surface area contributed by atoms with E-state index in [1.807, 2.05) is 20.9 Å². The highest BCUT2D eigenvalue weighted by molar-refractivity contribution is 6.09. The highest BCUT2D eigenvalue weighted by atomic mass is 16.5. The van der Waals surface area contributed by atoms with Gasteiger partial charge in [-0.05, 0) is 19.4 Å². The molecule has 2 heterocycles. The number of aryl methyl sites for hydroxylation is 2. The molecular weight excluding hydrogens is 242 g/mol. The minimum absolute atomic E-state index is 0.0704. The highest BCUT2D eigenvalue weighted by Gasteiger charge is 2.17. The molecule has 5 nitrogen and oxygen atoms in total. The van der Waals surface area contributed by atoms with Gasteiger partial charge < -0.3 is 4.74 Å². The molecule has 0 amide bonds. The van der Waals surface area contributed by atoms with Crippen LogP contribution in [0.2, 0.25) is 0 Å². The van der Waals surface area contributed by atoms with Crippen LogP contribution < -0.4 is 4.74 Å². The number of carbonyl (C=O) groups is 1. The summed E-state index contributed by atoms with van der Waals surface area (Å²) in [5.74, 6) is 0.536. The number of ketones is 1. The van der Waals surface area contributed by atoms with Crippen molar-refractivity contribution in [2.24, 2.45) is 7.05 Å². The number of rotatable bonds is 5. The minimum Gasteiger partial charge on any atom is -0.492 e. The fourth-order valence-electron chi connectivity index (χ4n) is 1.93. The van der Waals surface area contributed by atoms with Crippen molar-refractivity contribution < 1.29 is 9.53 Å². The maximum absolute atomic E-state index is 12.4. The average molecular weight is 259 g/mol. The Labute approximate surface area is 112 Å². The first kappa shape index (κ1) is 13.3. The van der Waals surface area contributed by atoms with Crippen LogP contribution in [0.1, 0.15) is 35.5 Å². The third-order valence-electron chi connectivity index (χ3n) is 2.77. The summed E-state index contributed by atoms with van der Waals surface area (Å²) in [5.41, 5.74) is 1.95. The molecule has 0 radical (unpaired) electrons. The molecule has 5 heteroatoms. The van der Waals surface area contributed by atoms with Crippen molar-refractivity contribution in [2.45, 2.75) is 20.3 Å². The second kappa shape index (κ2) is 5.65. The van der Waals surface area contributed by atoms with Crippen LogP contribution >= 0.6 is 0 Å². The maximum atomic E-state index is 12.4. The molecule has 2 rings (SSSR count). The summed E-state index contributed by atoms with van der Waals surface area (Å²) in [6.07, 6.45) is 5.62. The van der Waals surface area contributed by atoms with Crippen LogP contribution in [0.25, 0.3) is 0 Å². The first-order valence-corrected chi connectivity index (χ1v) is 6.30. The molecule has 0 aliphatic rings. The molecular formula is C14H17N3O2. The van der Waals surface area contributed by atoms with Crippen LogP contribution in [0.3, 0.4) is 0 Å². The molecule has 0 saturated heterocycles. The van der Waals surface area contributed by atoms with Gasteiger partial charge in [-0.15, -0.1) is 0 Å². The van der Waals surface area contributed by atoms with E-state index in [0.717, 1.165) is 12.1 Å². The van der Waals surface area contributed by atoms with Crippen molar-refractivity contribution in [3.8, 4) is 5.75 Å². The summed E-state index contributed by atoms with van der Waals surface area (Å²) in [6, 6.07) is 1.71. The lowest BCUT2D eigenvalue weighted by molar-refractivity contribution is 0.103. The summed E-state index contributed by atoms with van der Waals surface area (Å²) < 4.78 is 7.02. The first-order valence-electron chi connectivity index (χ1n) is 6.30. The van der Waals surface area contributed by atoms with Gasteiger partial charge >= 0.3 is 0 Å². The lowest BCUT2D eigenvalue weighted by atomic mass is 10.0. The Morgan fingerprint density at radius 3 is 2.84 bits per heavy atom. The zero-order chi connectivity index (χ0) is 13.8. The van der Waals surface area contributed by atoms with E-state index in [1.165, 1.54) is 0 Å². The fourth-order valence-corrected chi connectivity index (χ4v) is 1.93. The van der Waals surface area contributed by atoms with E-state index >= 15 is 0 Å². The normalized spacial score (nSPS) is 10.5. The van der Waals surface area contributed by atoms with Crippen molar-refractivity contribution in [3.63, 3.8) is 0 Å². The van der Waals surface area contributed by atoms with Crippen LogP contribution in [0.5, 0.6) is 5.75 Å². The second-order valence-corrected chi connectivity index (χ2v) is 4.19. The minimum atomic E-state index is -0.0704. The molecule has 0 saturated carbocycles. The van der Waals surface area contributed by atoms with Gasteiger partial charge in [0.25, 0.3) is 0 Å².